The fourth-order valence-electron chi connectivity index (χ4n) is 1.77. The van der Waals surface area contributed by atoms with E-state index >= 15 is 0 Å². The van der Waals surface area contributed by atoms with E-state index in [0.29, 0.717) is 5.13 Å². The minimum Gasteiger partial charge on any atom is -0.444 e. The summed E-state index contributed by atoms with van der Waals surface area (Å²) in [5, 5.41) is 3.33. The second-order valence-corrected chi connectivity index (χ2v) is 6.59. The van der Waals surface area contributed by atoms with Crippen molar-refractivity contribution < 1.29 is 9.53 Å². The molecule has 0 saturated carbocycles. The summed E-state index contributed by atoms with van der Waals surface area (Å²) in [7, 11) is 2.09. The van der Waals surface area contributed by atoms with Gasteiger partial charge in [-0.05, 0) is 27.8 Å². The van der Waals surface area contributed by atoms with Gasteiger partial charge in [-0.25, -0.2) is 9.78 Å². The molecule has 0 bridgehead atoms. The molecule has 1 amide bonds. The number of thiazole rings is 1. The van der Waals surface area contributed by atoms with Gasteiger partial charge in [0.1, 0.15) is 5.60 Å². The lowest BCUT2D eigenvalue weighted by atomic mass is 10.2. The van der Waals surface area contributed by atoms with Crippen molar-refractivity contribution in [2.45, 2.75) is 39.3 Å². The molecule has 2 heterocycles. The molecule has 0 fully saturated rings. The maximum atomic E-state index is 11.6. The lowest BCUT2D eigenvalue weighted by molar-refractivity contribution is 0.0636. The molecule has 1 aliphatic rings. The Morgan fingerprint density at radius 3 is 2.89 bits per heavy atom. The first-order valence-corrected chi connectivity index (χ1v) is 6.82. The van der Waals surface area contributed by atoms with E-state index in [4.69, 9.17) is 4.74 Å². The van der Waals surface area contributed by atoms with Crippen molar-refractivity contribution in [3.05, 3.63) is 10.6 Å². The van der Waals surface area contributed by atoms with Crippen molar-refractivity contribution in [3.8, 4) is 0 Å². The number of nitrogens with zero attached hydrogens (tertiary/aromatic N) is 2. The molecule has 1 aliphatic heterocycles. The van der Waals surface area contributed by atoms with Crippen LogP contribution in [0.25, 0.3) is 0 Å². The van der Waals surface area contributed by atoms with Gasteiger partial charge in [-0.1, -0.05) is 11.3 Å². The van der Waals surface area contributed by atoms with Crippen LogP contribution in [-0.2, 0) is 17.7 Å². The Bertz CT molecular complexity index is 451. The highest BCUT2D eigenvalue weighted by Crippen LogP contribution is 2.27. The Labute approximate surface area is 111 Å². The van der Waals surface area contributed by atoms with E-state index in [-0.39, 0.29) is 0 Å². The maximum absolute atomic E-state index is 11.6. The number of carbonyl (C=O) groups excluding carboxylic acids is 1. The van der Waals surface area contributed by atoms with Gasteiger partial charge in [0.2, 0.25) is 0 Å². The van der Waals surface area contributed by atoms with Crippen LogP contribution in [0.4, 0.5) is 9.93 Å². The number of aromatic nitrogens is 1. The summed E-state index contributed by atoms with van der Waals surface area (Å²) in [6.07, 6.45) is 0.500. The molecule has 6 heteroatoms. The van der Waals surface area contributed by atoms with Crippen LogP contribution in [0.2, 0.25) is 0 Å². The third kappa shape index (κ3) is 3.43. The molecule has 2 rings (SSSR count). The fraction of sp³-hybridized carbons (Fsp3) is 0.667. The minimum absolute atomic E-state index is 0.443. The third-order valence-corrected chi connectivity index (χ3v) is 3.53. The van der Waals surface area contributed by atoms with Crippen LogP contribution in [0.1, 0.15) is 31.3 Å². The van der Waals surface area contributed by atoms with E-state index in [1.54, 1.807) is 0 Å². The van der Waals surface area contributed by atoms with Gasteiger partial charge >= 0.3 is 6.09 Å². The number of rotatable bonds is 1. The second-order valence-electron chi connectivity index (χ2n) is 5.50. The predicted molar refractivity (Wildman–Crippen MR) is 72.0 cm³/mol. The zero-order valence-electron chi connectivity index (χ0n) is 11.2. The average molecular weight is 269 g/mol. The Hall–Kier alpha value is -1.14. The highest BCUT2D eigenvalue weighted by atomic mass is 32.1. The molecule has 0 spiro atoms. The molecule has 1 aromatic rings. The molecular formula is C12H19N3O2S. The number of amides is 1. The zero-order chi connectivity index (χ0) is 13.3. The fourth-order valence-corrected chi connectivity index (χ4v) is 2.84. The highest BCUT2D eigenvalue weighted by molar-refractivity contribution is 7.15. The number of fused-ring (bicyclic) bond motifs is 1. The first kappa shape index (κ1) is 13.3. The van der Waals surface area contributed by atoms with Crippen LogP contribution >= 0.6 is 11.3 Å². The van der Waals surface area contributed by atoms with E-state index in [0.717, 1.165) is 25.2 Å². The number of anilines is 1. The van der Waals surface area contributed by atoms with Gasteiger partial charge in [0.05, 0.1) is 5.69 Å². The average Bonchev–Trinajstić information content (AvgIpc) is 2.55. The Balaban J connectivity index is 2.01. The summed E-state index contributed by atoms with van der Waals surface area (Å²) >= 11 is 1.53. The molecule has 0 atom stereocenters. The van der Waals surface area contributed by atoms with Crippen molar-refractivity contribution in [3.63, 3.8) is 0 Å². The van der Waals surface area contributed by atoms with Gasteiger partial charge in [0.15, 0.2) is 5.13 Å². The van der Waals surface area contributed by atoms with Crippen LogP contribution in [0.15, 0.2) is 0 Å². The largest absolute Gasteiger partial charge is 0.444 e. The number of hydrogen-bond acceptors (Lipinski definition) is 5. The molecule has 0 unspecified atom stereocenters. The standard InChI is InChI=1S/C12H19N3O2S/c1-12(2,3)17-11(16)14-10-13-8-5-6-15(4)7-9(8)18-10/h5-7H2,1-4H3,(H,13,14,16). The van der Waals surface area contributed by atoms with Crippen LogP contribution in [0.5, 0.6) is 0 Å². The van der Waals surface area contributed by atoms with E-state index in [1.165, 1.54) is 16.2 Å². The first-order valence-electron chi connectivity index (χ1n) is 6.00. The number of ether oxygens (including phenoxy) is 1. The Morgan fingerprint density at radius 1 is 1.50 bits per heavy atom. The molecule has 1 N–H and O–H groups in total. The van der Waals surface area contributed by atoms with Gasteiger partial charge < -0.3 is 9.64 Å². The normalized spacial score (nSPS) is 16.2. The predicted octanol–water partition coefficient (Wildman–Crippen LogP) is 2.48. The van der Waals surface area contributed by atoms with E-state index < -0.39 is 11.7 Å². The Kier molecular flexibility index (Phi) is 3.59. The number of nitrogens with one attached hydrogen (secondary N) is 1. The van der Waals surface area contributed by atoms with Gasteiger partial charge in [0, 0.05) is 24.4 Å². The molecule has 0 aromatic carbocycles. The van der Waals surface area contributed by atoms with Gasteiger partial charge in [-0.3, -0.25) is 5.32 Å². The molecule has 18 heavy (non-hydrogen) atoms. The highest BCUT2D eigenvalue weighted by Gasteiger charge is 2.21. The molecule has 5 nitrogen and oxygen atoms in total. The van der Waals surface area contributed by atoms with Crippen molar-refractivity contribution >= 4 is 22.6 Å². The molecule has 0 saturated heterocycles. The summed E-state index contributed by atoms with van der Waals surface area (Å²) in [5.74, 6) is 0. The van der Waals surface area contributed by atoms with Gasteiger partial charge in [-0.2, -0.15) is 0 Å². The Morgan fingerprint density at radius 2 is 2.22 bits per heavy atom. The molecule has 0 aliphatic carbocycles. The number of likely N-dealkylation sites (N-methyl/N-ethyl adjacent to an activating group) is 1. The van der Waals surface area contributed by atoms with Gasteiger partial charge in [0.25, 0.3) is 0 Å². The van der Waals surface area contributed by atoms with E-state index in [2.05, 4.69) is 22.2 Å². The smallest absolute Gasteiger partial charge is 0.413 e. The summed E-state index contributed by atoms with van der Waals surface area (Å²) < 4.78 is 5.20. The van der Waals surface area contributed by atoms with Gasteiger partial charge in [-0.15, -0.1) is 0 Å². The lowest BCUT2D eigenvalue weighted by Gasteiger charge is -2.20. The van der Waals surface area contributed by atoms with Crippen molar-refractivity contribution in [1.29, 1.82) is 0 Å². The lowest BCUT2D eigenvalue weighted by Crippen LogP contribution is -2.27. The summed E-state index contributed by atoms with van der Waals surface area (Å²) in [4.78, 5) is 19.5. The van der Waals surface area contributed by atoms with E-state index in [1.807, 2.05) is 20.8 Å². The number of carbonyl (C=O) groups is 1. The van der Waals surface area contributed by atoms with E-state index in [9.17, 15) is 4.79 Å². The maximum Gasteiger partial charge on any atom is 0.413 e. The van der Waals surface area contributed by atoms with Crippen LogP contribution in [0.3, 0.4) is 0 Å². The zero-order valence-corrected chi connectivity index (χ0v) is 12.1. The summed E-state index contributed by atoms with van der Waals surface area (Å²) in [6.45, 7) is 7.45. The van der Waals surface area contributed by atoms with Crippen molar-refractivity contribution in [2.75, 3.05) is 18.9 Å². The minimum atomic E-state index is -0.485. The topological polar surface area (TPSA) is 54.5 Å². The van der Waals surface area contributed by atoms with Crippen LogP contribution in [0, 0.1) is 0 Å². The summed E-state index contributed by atoms with van der Waals surface area (Å²) in [6, 6.07) is 0. The third-order valence-electron chi connectivity index (χ3n) is 2.53. The molecule has 100 valence electrons. The first-order chi connectivity index (χ1) is 8.33. The SMILES string of the molecule is CN1CCc2nc(NC(=O)OC(C)(C)C)sc2C1. The molecule has 1 aromatic heterocycles. The summed E-state index contributed by atoms with van der Waals surface area (Å²) in [5.41, 5.74) is 0.616. The molecule has 0 radical (unpaired) electrons. The monoisotopic (exact) mass is 269 g/mol. The number of hydrogen-bond donors (Lipinski definition) is 1. The molecular weight excluding hydrogens is 250 g/mol. The van der Waals surface area contributed by atoms with Crippen molar-refractivity contribution in [2.24, 2.45) is 0 Å². The van der Waals surface area contributed by atoms with Crippen LogP contribution < -0.4 is 5.32 Å². The van der Waals surface area contributed by atoms with Crippen molar-refractivity contribution in [1.82, 2.24) is 9.88 Å². The second kappa shape index (κ2) is 4.85. The van der Waals surface area contributed by atoms with Crippen LogP contribution in [-0.4, -0.2) is 35.2 Å². The quantitative estimate of drug-likeness (QED) is 0.851.